The highest BCUT2D eigenvalue weighted by atomic mass is 16.7. The topological polar surface area (TPSA) is 15.7 Å². The molecule has 0 saturated carbocycles. The molecule has 1 fully saturated rings. The highest BCUT2D eigenvalue weighted by molar-refractivity contribution is 4.88. The van der Waals surface area contributed by atoms with Crippen molar-refractivity contribution < 1.29 is 4.84 Å². The maximum atomic E-state index is 5.28. The van der Waals surface area contributed by atoms with Gasteiger partial charge in [0.25, 0.3) is 0 Å². The molecular formula is C7H14N2O. The van der Waals surface area contributed by atoms with Gasteiger partial charge in [-0.15, -0.1) is 0 Å². The molecular weight excluding hydrogens is 128 g/mol. The molecule has 3 nitrogen and oxygen atoms in total. The molecule has 0 radical (unpaired) electrons. The third-order valence-electron chi connectivity index (χ3n) is 1.73. The number of hydrogen-bond donors (Lipinski definition) is 0. The Morgan fingerprint density at radius 1 is 1.50 bits per heavy atom. The molecule has 58 valence electrons. The lowest BCUT2D eigenvalue weighted by Crippen LogP contribution is -2.26. The summed E-state index contributed by atoms with van der Waals surface area (Å²) in [6, 6.07) is 0. The van der Waals surface area contributed by atoms with Gasteiger partial charge < -0.3 is 4.90 Å². The van der Waals surface area contributed by atoms with Gasteiger partial charge in [-0.2, -0.15) is 0 Å². The smallest absolute Gasteiger partial charge is 0.121 e. The van der Waals surface area contributed by atoms with Gasteiger partial charge in [-0.05, 0) is 6.42 Å². The summed E-state index contributed by atoms with van der Waals surface area (Å²) in [5, 5.41) is 1.72. The van der Waals surface area contributed by atoms with Crippen molar-refractivity contribution >= 4 is 0 Å². The zero-order valence-corrected chi connectivity index (χ0v) is 6.63. The van der Waals surface area contributed by atoms with E-state index in [0.29, 0.717) is 0 Å². The van der Waals surface area contributed by atoms with E-state index >= 15 is 0 Å². The second-order valence-corrected chi connectivity index (χ2v) is 2.52. The van der Waals surface area contributed by atoms with Crippen LogP contribution in [0.1, 0.15) is 6.42 Å². The van der Waals surface area contributed by atoms with Crippen molar-refractivity contribution in [2.45, 2.75) is 6.42 Å². The van der Waals surface area contributed by atoms with Crippen molar-refractivity contribution in [3.05, 3.63) is 12.4 Å². The fourth-order valence-corrected chi connectivity index (χ4v) is 0.947. The molecule has 3 heteroatoms. The minimum absolute atomic E-state index is 0.792. The normalized spacial score (nSPS) is 21.2. The van der Waals surface area contributed by atoms with Gasteiger partial charge in [0.15, 0.2) is 0 Å². The van der Waals surface area contributed by atoms with E-state index in [9.17, 15) is 0 Å². The summed E-state index contributed by atoms with van der Waals surface area (Å²) in [5.74, 6) is 0.928. The summed E-state index contributed by atoms with van der Waals surface area (Å²) in [5.41, 5.74) is 0. The SMILES string of the molecule is C=C1N(C)CCCON1C. The molecule has 1 aliphatic rings. The number of hydrogen-bond acceptors (Lipinski definition) is 3. The number of hydroxylamine groups is 2. The van der Waals surface area contributed by atoms with Gasteiger partial charge in [0.2, 0.25) is 0 Å². The molecule has 1 rings (SSSR count). The van der Waals surface area contributed by atoms with E-state index in [1.165, 1.54) is 0 Å². The predicted molar refractivity (Wildman–Crippen MR) is 40.1 cm³/mol. The summed E-state index contributed by atoms with van der Waals surface area (Å²) < 4.78 is 0. The Balaban J connectivity index is 2.55. The molecule has 1 saturated heterocycles. The van der Waals surface area contributed by atoms with Gasteiger partial charge in [0, 0.05) is 20.6 Å². The number of nitrogens with zero attached hydrogens (tertiary/aromatic N) is 2. The molecule has 0 unspecified atom stereocenters. The molecule has 0 aliphatic carbocycles. The second-order valence-electron chi connectivity index (χ2n) is 2.52. The van der Waals surface area contributed by atoms with Gasteiger partial charge in [0.05, 0.1) is 6.61 Å². The molecule has 0 atom stereocenters. The van der Waals surface area contributed by atoms with E-state index in [1.54, 1.807) is 5.06 Å². The first-order valence-corrected chi connectivity index (χ1v) is 3.48. The minimum atomic E-state index is 0.792. The van der Waals surface area contributed by atoms with Crippen LogP contribution in [0.5, 0.6) is 0 Å². The van der Waals surface area contributed by atoms with Gasteiger partial charge in [0.1, 0.15) is 5.82 Å². The lowest BCUT2D eigenvalue weighted by atomic mass is 10.4. The van der Waals surface area contributed by atoms with Crippen LogP contribution in [0.25, 0.3) is 0 Å². The predicted octanol–water partition coefficient (Wildman–Crippen LogP) is 0.657. The fourth-order valence-electron chi connectivity index (χ4n) is 0.947. The summed E-state index contributed by atoms with van der Waals surface area (Å²) >= 11 is 0. The van der Waals surface area contributed by atoms with E-state index in [0.717, 1.165) is 25.4 Å². The molecule has 1 heterocycles. The van der Waals surface area contributed by atoms with Crippen LogP contribution in [0, 0.1) is 0 Å². The zero-order valence-electron chi connectivity index (χ0n) is 6.63. The maximum absolute atomic E-state index is 5.28. The largest absolute Gasteiger partial charge is 0.360 e. The molecule has 0 amide bonds. The van der Waals surface area contributed by atoms with Crippen LogP contribution >= 0.6 is 0 Å². The molecule has 0 spiro atoms. The summed E-state index contributed by atoms with van der Waals surface area (Å²) in [4.78, 5) is 7.37. The molecule has 0 aromatic heterocycles. The van der Waals surface area contributed by atoms with Crippen molar-refractivity contribution in [2.75, 3.05) is 27.2 Å². The molecule has 0 aromatic rings. The Morgan fingerprint density at radius 2 is 2.20 bits per heavy atom. The Kier molecular flexibility index (Phi) is 2.17. The molecule has 0 aromatic carbocycles. The lowest BCUT2D eigenvalue weighted by Gasteiger charge is -2.24. The maximum Gasteiger partial charge on any atom is 0.121 e. The Hall–Kier alpha value is -0.700. The van der Waals surface area contributed by atoms with Crippen LogP contribution in [0.15, 0.2) is 12.4 Å². The molecule has 10 heavy (non-hydrogen) atoms. The standard InChI is InChI=1S/C7H14N2O/c1-7-8(2)5-4-6-10-9(7)3/h1,4-6H2,2-3H3. The monoisotopic (exact) mass is 142 g/mol. The van der Waals surface area contributed by atoms with Crippen molar-refractivity contribution in [1.29, 1.82) is 0 Å². The van der Waals surface area contributed by atoms with Crippen LogP contribution < -0.4 is 0 Å². The van der Waals surface area contributed by atoms with Crippen LogP contribution in [0.4, 0.5) is 0 Å². The highest BCUT2D eigenvalue weighted by Gasteiger charge is 2.11. The van der Waals surface area contributed by atoms with E-state index < -0.39 is 0 Å². The quantitative estimate of drug-likeness (QED) is 0.494. The van der Waals surface area contributed by atoms with Crippen LogP contribution in [-0.4, -0.2) is 37.2 Å². The zero-order chi connectivity index (χ0) is 7.56. The summed E-state index contributed by atoms with van der Waals surface area (Å²) in [6.07, 6.45) is 1.07. The summed E-state index contributed by atoms with van der Waals surface area (Å²) in [7, 11) is 3.90. The fraction of sp³-hybridized carbons (Fsp3) is 0.714. The Morgan fingerprint density at radius 3 is 2.90 bits per heavy atom. The van der Waals surface area contributed by atoms with Gasteiger partial charge in [-0.1, -0.05) is 6.58 Å². The highest BCUT2D eigenvalue weighted by Crippen LogP contribution is 2.09. The number of rotatable bonds is 0. The molecule has 0 N–H and O–H groups in total. The third kappa shape index (κ3) is 1.42. The van der Waals surface area contributed by atoms with Crippen LogP contribution in [0.2, 0.25) is 0 Å². The average molecular weight is 142 g/mol. The first-order valence-electron chi connectivity index (χ1n) is 3.48. The summed E-state index contributed by atoms with van der Waals surface area (Å²) in [6.45, 7) is 5.69. The van der Waals surface area contributed by atoms with E-state index in [2.05, 4.69) is 11.5 Å². The van der Waals surface area contributed by atoms with Gasteiger partial charge in [-0.25, -0.2) is 5.06 Å². The molecule has 0 bridgehead atoms. The Bertz CT molecular complexity index is 122. The first kappa shape index (κ1) is 7.41. The minimum Gasteiger partial charge on any atom is -0.360 e. The van der Waals surface area contributed by atoms with Gasteiger partial charge >= 0.3 is 0 Å². The van der Waals surface area contributed by atoms with Crippen LogP contribution in [0.3, 0.4) is 0 Å². The van der Waals surface area contributed by atoms with Crippen LogP contribution in [-0.2, 0) is 4.84 Å². The van der Waals surface area contributed by atoms with Crippen molar-refractivity contribution in [2.24, 2.45) is 0 Å². The van der Waals surface area contributed by atoms with Crippen molar-refractivity contribution in [3.8, 4) is 0 Å². The van der Waals surface area contributed by atoms with E-state index in [-0.39, 0.29) is 0 Å². The van der Waals surface area contributed by atoms with Crippen molar-refractivity contribution in [1.82, 2.24) is 9.96 Å². The van der Waals surface area contributed by atoms with E-state index in [4.69, 9.17) is 4.84 Å². The third-order valence-corrected chi connectivity index (χ3v) is 1.73. The lowest BCUT2D eigenvalue weighted by molar-refractivity contribution is -0.113. The van der Waals surface area contributed by atoms with Crippen molar-refractivity contribution in [3.63, 3.8) is 0 Å². The van der Waals surface area contributed by atoms with Gasteiger partial charge in [-0.3, -0.25) is 4.84 Å². The van der Waals surface area contributed by atoms with E-state index in [1.807, 2.05) is 14.1 Å². The second kappa shape index (κ2) is 2.92. The first-order chi connectivity index (χ1) is 4.72. The average Bonchev–Trinajstić information content (AvgIpc) is 2.04. The molecule has 1 aliphatic heterocycles. The Labute approximate surface area is 61.8 Å².